The third-order valence-electron chi connectivity index (χ3n) is 4.98. The molecule has 2 heterocycles. The highest BCUT2D eigenvalue weighted by atomic mass is 32.1. The Bertz CT molecular complexity index is 1650. The molecular weight excluding hydrogens is 557 g/mol. The number of rotatable bonds is 7. The Kier molecular flexibility index (Phi) is 7.72. The van der Waals surface area contributed by atoms with Gasteiger partial charge in [0.2, 0.25) is 17.8 Å². The smallest absolute Gasteiger partial charge is 0.292 e. The number of benzene rings is 3. The molecule has 15 heteroatoms. The van der Waals surface area contributed by atoms with Crippen LogP contribution < -0.4 is 26.6 Å². The van der Waals surface area contributed by atoms with Gasteiger partial charge in [-0.2, -0.15) is 15.0 Å². The van der Waals surface area contributed by atoms with Crippen LogP contribution in [-0.4, -0.2) is 35.1 Å². The molecule has 0 unspecified atom stereocenters. The van der Waals surface area contributed by atoms with Gasteiger partial charge < -0.3 is 21.3 Å². The highest BCUT2D eigenvalue weighted by molar-refractivity contribution is 7.81. The van der Waals surface area contributed by atoms with Gasteiger partial charge in [0.25, 0.3) is 5.69 Å². The van der Waals surface area contributed by atoms with Gasteiger partial charge in [-0.05, 0) is 54.8 Å². The zero-order valence-corrected chi connectivity index (χ0v) is 22.2. The maximum atomic E-state index is 11.4. The van der Waals surface area contributed by atoms with Gasteiger partial charge in [-0.15, -0.1) is 0 Å². The molecule has 194 valence electrons. The molecule has 5 rings (SSSR count). The quantitative estimate of drug-likeness (QED) is 0.0910. The first kappa shape index (κ1) is 25.8. The summed E-state index contributed by atoms with van der Waals surface area (Å²) >= 11 is 12.2. The van der Waals surface area contributed by atoms with E-state index in [4.69, 9.17) is 24.4 Å². The molecule has 0 aliphatic rings. The molecule has 0 saturated carbocycles. The van der Waals surface area contributed by atoms with Crippen LogP contribution in [0.5, 0.6) is 0 Å². The lowest BCUT2D eigenvalue weighted by Gasteiger charge is -2.13. The van der Waals surface area contributed by atoms with E-state index in [0.717, 1.165) is 15.9 Å². The highest BCUT2D eigenvalue weighted by Gasteiger charge is 2.15. The molecule has 2 aromatic heterocycles. The summed E-state index contributed by atoms with van der Waals surface area (Å²) in [7, 11) is 0. The van der Waals surface area contributed by atoms with Crippen LogP contribution in [0.15, 0.2) is 78.9 Å². The number of hydrogen-bond donors (Lipinski definition) is 5. The molecule has 0 saturated heterocycles. The SMILES string of the molecule is O=[N+]([O-])c1ccccc1NC(=S)Nc1nc(NC(=S)Nc2ccccc2)nc(Nc2nc3ccccc3s2)n1. The second-order valence-corrected chi connectivity index (χ2v) is 9.56. The van der Waals surface area contributed by atoms with E-state index in [1.54, 1.807) is 18.2 Å². The van der Waals surface area contributed by atoms with Gasteiger partial charge in [-0.3, -0.25) is 15.4 Å². The second-order valence-electron chi connectivity index (χ2n) is 7.72. The average Bonchev–Trinajstić information content (AvgIpc) is 3.31. The minimum Gasteiger partial charge on any atom is -0.332 e. The number of fused-ring (bicyclic) bond motifs is 1. The maximum absolute atomic E-state index is 11.4. The van der Waals surface area contributed by atoms with Gasteiger partial charge in [-0.1, -0.05) is 53.8 Å². The Labute approximate surface area is 236 Å². The summed E-state index contributed by atoms with van der Waals surface area (Å²) in [6.07, 6.45) is 0. The van der Waals surface area contributed by atoms with Crippen LogP contribution >= 0.6 is 35.8 Å². The van der Waals surface area contributed by atoms with E-state index < -0.39 is 4.92 Å². The summed E-state index contributed by atoms with van der Waals surface area (Å²) in [5, 5.41) is 27.0. The van der Waals surface area contributed by atoms with Crippen LogP contribution in [0.3, 0.4) is 0 Å². The van der Waals surface area contributed by atoms with Crippen molar-refractivity contribution >= 4 is 96.3 Å². The summed E-state index contributed by atoms with van der Waals surface area (Å²) in [4.78, 5) is 28.5. The van der Waals surface area contributed by atoms with Crippen molar-refractivity contribution in [2.75, 3.05) is 26.6 Å². The monoisotopic (exact) mass is 574 g/mol. The molecule has 0 aliphatic heterocycles. The lowest BCUT2D eigenvalue weighted by atomic mass is 10.3. The molecule has 5 N–H and O–H groups in total. The maximum Gasteiger partial charge on any atom is 0.292 e. The second kappa shape index (κ2) is 11.7. The third kappa shape index (κ3) is 6.72. The lowest BCUT2D eigenvalue weighted by molar-refractivity contribution is -0.383. The molecule has 3 aromatic carbocycles. The number of thiocarbonyl (C=S) groups is 2. The number of thiazole rings is 1. The predicted octanol–water partition coefficient (Wildman–Crippen LogP) is 5.75. The Morgan fingerprint density at radius 2 is 1.33 bits per heavy atom. The Hall–Kier alpha value is -4.86. The minimum atomic E-state index is -0.503. The van der Waals surface area contributed by atoms with Crippen LogP contribution in [0, 0.1) is 10.1 Å². The van der Waals surface area contributed by atoms with E-state index in [9.17, 15) is 10.1 Å². The van der Waals surface area contributed by atoms with Crippen molar-refractivity contribution in [1.82, 2.24) is 19.9 Å². The van der Waals surface area contributed by atoms with Crippen LogP contribution in [0.25, 0.3) is 10.2 Å². The van der Waals surface area contributed by atoms with Gasteiger partial charge in [-0.25, -0.2) is 4.98 Å². The zero-order valence-electron chi connectivity index (χ0n) is 19.8. The van der Waals surface area contributed by atoms with E-state index >= 15 is 0 Å². The molecule has 5 aromatic rings. The Morgan fingerprint density at radius 1 is 0.718 bits per heavy atom. The number of para-hydroxylation sites is 4. The van der Waals surface area contributed by atoms with Crippen LogP contribution in [0.1, 0.15) is 0 Å². The van der Waals surface area contributed by atoms with Crippen LogP contribution in [-0.2, 0) is 0 Å². The van der Waals surface area contributed by atoms with E-state index in [1.807, 2.05) is 54.6 Å². The number of nitro groups is 1. The summed E-state index contributed by atoms with van der Waals surface area (Å²) in [5.74, 6) is 0.359. The van der Waals surface area contributed by atoms with Gasteiger partial charge in [0, 0.05) is 11.8 Å². The number of nitro benzene ring substituents is 1. The fourth-order valence-corrected chi connectivity index (χ4v) is 4.61. The molecule has 12 nitrogen and oxygen atoms in total. The first-order valence-corrected chi connectivity index (χ1v) is 12.9. The first-order chi connectivity index (χ1) is 18.9. The molecule has 0 amide bonds. The lowest BCUT2D eigenvalue weighted by Crippen LogP contribution is -2.24. The molecule has 0 atom stereocenters. The molecule has 0 radical (unpaired) electrons. The van der Waals surface area contributed by atoms with Gasteiger partial charge >= 0.3 is 0 Å². The standard InChI is InChI=1S/C24H18N10O2S3/c35-34(36)17-12-6-4-10-15(17)26-23(38)32-20-28-19(31-22(37)25-14-8-2-1-3-9-14)29-21(30-20)33-24-27-16-11-5-7-13-18(16)39-24/h1-13H,(H5,25,26,27,28,29,30,31,32,33,37,38). The molecular formula is C24H18N10O2S3. The zero-order chi connectivity index (χ0) is 27.2. The summed E-state index contributed by atoms with van der Waals surface area (Å²) in [6.45, 7) is 0. The molecule has 0 bridgehead atoms. The number of anilines is 6. The van der Waals surface area contributed by atoms with E-state index in [2.05, 4.69) is 46.5 Å². The predicted molar refractivity (Wildman–Crippen MR) is 162 cm³/mol. The fourth-order valence-electron chi connectivity index (χ4n) is 3.34. The van der Waals surface area contributed by atoms with Gasteiger partial charge in [0.15, 0.2) is 15.4 Å². The summed E-state index contributed by atoms with van der Waals surface area (Å²) in [6, 6.07) is 23.2. The fraction of sp³-hybridized carbons (Fsp3) is 0. The molecule has 0 fully saturated rings. The van der Waals surface area contributed by atoms with Crippen molar-refractivity contribution in [3.8, 4) is 0 Å². The number of nitrogens with zero attached hydrogens (tertiary/aromatic N) is 5. The molecule has 0 spiro atoms. The van der Waals surface area contributed by atoms with E-state index in [0.29, 0.717) is 5.13 Å². The average molecular weight is 575 g/mol. The van der Waals surface area contributed by atoms with Crippen molar-refractivity contribution in [2.24, 2.45) is 0 Å². The van der Waals surface area contributed by atoms with Crippen molar-refractivity contribution in [2.45, 2.75) is 0 Å². The molecule has 0 aliphatic carbocycles. The number of hydrogen-bond acceptors (Lipinski definition) is 10. The van der Waals surface area contributed by atoms with Crippen molar-refractivity contribution in [3.05, 3.63) is 89.0 Å². The van der Waals surface area contributed by atoms with E-state index in [1.165, 1.54) is 17.4 Å². The Morgan fingerprint density at radius 3 is 2.05 bits per heavy atom. The van der Waals surface area contributed by atoms with Crippen molar-refractivity contribution in [1.29, 1.82) is 0 Å². The van der Waals surface area contributed by atoms with Gasteiger partial charge in [0.05, 0.1) is 15.1 Å². The van der Waals surface area contributed by atoms with Crippen LogP contribution in [0.4, 0.5) is 40.0 Å². The van der Waals surface area contributed by atoms with Crippen molar-refractivity contribution < 1.29 is 4.92 Å². The number of nitrogens with one attached hydrogen (secondary N) is 5. The highest BCUT2D eigenvalue weighted by Crippen LogP contribution is 2.28. The summed E-state index contributed by atoms with van der Waals surface area (Å²) < 4.78 is 0.994. The van der Waals surface area contributed by atoms with Crippen LogP contribution in [0.2, 0.25) is 0 Å². The largest absolute Gasteiger partial charge is 0.332 e. The third-order valence-corrected chi connectivity index (χ3v) is 6.34. The first-order valence-electron chi connectivity index (χ1n) is 11.3. The topological polar surface area (TPSA) is 155 Å². The number of aromatic nitrogens is 4. The Balaban J connectivity index is 1.38. The summed E-state index contributed by atoms with van der Waals surface area (Å²) in [5.41, 5.74) is 1.70. The van der Waals surface area contributed by atoms with Gasteiger partial charge in [0.1, 0.15) is 5.69 Å². The molecule has 39 heavy (non-hydrogen) atoms. The minimum absolute atomic E-state index is 0.0392. The van der Waals surface area contributed by atoms with E-state index in [-0.39, 0.29) is 39.4 Å². The normalized spacial score (nSPS) is 10.5. The van der Waals surface area contributed by atoms with Crippen molar-refractivity contribution in [3.63, 3.8) is 0 Å².